The molecule has 2 fully saturated rings. The molecule has 34 heavy (non-hydrogen) atoms. The molecule has 2 heterocycles. The number of rotatable bonds is 4. The maximum atomic E-state index is 13.9. The highest BCUT2D eigenvalue weighted by Crippen LogP contribution is 2.42. The summed E-state index contributed by atoms with van der Waals surface area (Å²) in [5, 5.41) is 10.0. The Kier molecular flexibility index (Phi) is 7.23. The van der Waals surface area contributed by atoms with E-state index in [1.807, 2.05) is 26.8 Å². The van der Waals surface area contributed by atoms with E-state index in [9.17, 15) is 14.7 Å². The Bertz CT molecular complexity index is 1020. The third-order valence-electron chi connectivity index (χ3n) is 6.85. The molecule has 1 atom stereocenters. The molecule has 0 radical (unpaired) electrons. The van der Waals surface area contributed by atoms with Crippen molar-refractivity contribution in [3.8, 4) is 11.8 Å². The van der Waals surface area contributed by atoms with Crippen LogP contribution in [0.15, 0.2) is 17.7 Å². The number of hydrogen-bond donors (Lipinski definition) is 1. The van der Waals surface area contributed by atoms with Crippen LogP contribution in [-0.4, -0.2) is 42.0 Å². The number of amides is 1. The fraction of sp³-hybridized carbons (Fsp3) is 0.630. The Balaban J connectivity index is 1.69. The third-order valence-corrected chi connectivity index (χ3v) is 7.87. The molecule has 3 aliphatic rings. The van der Waals surface area contributed by atoms with Gasteiger partial charge in [-0.25, -0.2) is 4.79 Å². The molecular weight excluding hydrogens is 450 g/mol. The number of hydrogen-bond acceptors (Lipinski definition) is 5. The molecule has 0 bridgehead atoms. The van der Waals surface area contributed by atoms with E-state index in [0.29, 0.717) is 55.9 Å². The SMILES string of the molecule is CC1=CC[C@@H](C(=O)N(c2cc(C#CC(C)(C)C)sc2C(=O)O)C2CCC3(CC2)OCCO3)CC1. The van der Waals surface area contributed by atoms with Gasteiger partial charge in [0.15, 0.2) is 5.79 Å². The number of nitrogens with zero attached hydrogens (tertiary/aromatic N) is 1. The van der Waals surface area contributed by atoms with Crippen molar-refractivity contribution in [2.75, 3.05) is 18.1 Å². The summed E-state index contributed by atoms with van der Waals surface area (Å²) in [6, 6.07) is 1.72. The summed E-state index contributed by atoms with van der Waals surface area (Å²) in [4.78, 5) is 28.8. The molecule has 1 amide bonds. The minimum absolute atomic E-state index is 0.0218. The van der Waals surface area contributed by atoms with E-state index in [-0.39, 0.29) is 28.2 Å². The first kappa shape index (κ1) is 25.0. The maximum Gasteiger partial charge on any atom is 0.348 e. The Morgan fingerprint density at radius 3 is 2.41 bits per heavy atom. The lowest BCUT2D eigenvalue weighted by Gasteiger charge is -2.41. The molecule has 1 spiro atoms. The zero-order chi connectivity index (χ0) is 24.5. The fourth-order valence-electron chi connectivity index (χ4n) is 4.99. The standard InChI is InChI=1S/C27H35NO5S/c1-18-5-7-19(8-6-18)24(29)28(20-9-13-27(14-10-20)32-15-16-33-27)22-17-21(11-12-26(2,3)4)34-23(22)25(30)31/h5,17,19-20H,6-10,13-16H2,1-4H3,(H,30,31)/t19-/m1/s1. The first-order chi connectivity index (χ1) is 16.1. The molecule has 0 aromatic carbocycles. The highest BCUT2D eigenvalue weighted by Gasteiger charge is 2.44. The Morgan fingerprint density at radius 1 is 1.18 bits per heavy atom. The second kappa shape index (κ2) is 9.85. The topological polar surface area (TPSA) is 76.1 Å². The largest absolute Gasteiger partial charge is 0.477 e. The normalized spacial score (nSPS) is 22.7. The van der Waals surface area contributed by atoms with Crippen molar-refractivity contribution in [3.63, 3.8) is 0 Å². The lowest BCUT2D eigenvalue weighted by molar-refractivity contribution is -0.179. The predicted octanol–water partition coefficient (Wildman–Crippen LogP) is 5.61. The second-order valence-corrected chi connectivity index (χ2v) is 11.8. The Morgan fingerprint density at radius 2 is 1.85 bits per heavy atom. The first-order valence-corrected chi connectivity index (χ1v) is 13.1. The van der Waals surface area contributed by atoms with E-state index in [4.69, 9.17) is 9.47 Å². The molecular formula is C27H35NO5S. The number of aromatic carboxylic acids is 1. The average Bonchev–Trinajstić information content (AvgIpc) is 3.41. The minimum Gasteiger partial charge on any atom is -0.477 e. The molecule has 1 aromatic heterocycles. The summed E-state index contributed by atoms with van der Waals surface area (Å²) in [6.45, 7) is 9.36. The van der Waals surface area contributed by atoms with Gasteiger partial charge in [-0.15, -0.1) is 11.3 Å². The zero-order valence-corrected chi connectivity index (χ0v) is 21.4. The predicted molar refractivity (Wildman–Crippen MR) is 133 cm³/mol. The lowest BCUT2D eigenvalue weighted by Crippen LogP contribution is -2.49. The van der Waals surface area contributed by atoms with Gasteiger partial charge in [0.05, 0.1) is 23.8 Å². The van der Waals surface area contributed by atoms with Gasteiger partial charge in [-0.05, 0) is 65.9 Å². The number of carboxylic acid groups (broad SMARTS) is 1. The van der Waals surface area contributed by atoms with Gasteiger partial charge in [-0.3, -0.25) is 4.79 Å². The number of carbonyl (C=O) groups is 2. The van der Waals surface area contributed by atoms with Crippen LogP contribution in [0.5, 0.6) is 0 Å². The lowest BCUT2D eigenvalue weighted by atomic mass is 9.85. The highest BCUT2D eigenvalue weighted by atomic mass is 32.1. The van der Waals surface area contributed by atoms with E-state index in [0.717, 1.165) is 24.2 Å². The Labute approximate surface area is 206 Å². The molecule has 4 rings (SSSR count). The van der Waals surface area contributed by atoms with Gasteiger partial charge in [0.1, 0.15) is 4.88 Å². The summed E-state index contributed by atoms with van der Waals surface area (Å²) < 4.78 is 11.8. The van der Waals surface area contributed by atoms with Gasteiger partial charge < -0.3 is 19.5 Å². The van der Waals surface area contributed by atoms with E-state index < -0.39 is 11.8 Å². The number of anilines is 1. The van der Waals surface area contributed by atoms with E-state index in [1.165, 1.54) is 5.57 Å². The number of carboxylic acids is 1. The van der Waals surface area contributed by atoms with Crippen LogP contribution in [-0.2, 0) is 14.3 Å². The van der Waals surface area contributed by atoms with Crippen LogP contribution >= 0.6 is 11.3 Å². The van der Waals surface area contributed by atoms with Gasteiger partial charge in [-0.1, -0.05) is 23.5 Å². The molecule has 1 N–H and O–H groups in total. The van der Waals surface area contributed by atoms with Gasteiger partial charge >= 0.3 is 5.97 Å². The molecule has 1 aliphatic heterocycles. The molecule has 184 valence electrons. The van der Waals surface area contributed by atoms with Crippen molar-refractivity contribution in [3.05, 3.63) is 27.5 Å². The fourth-order valence-corrected chi connectivity index (χ4v) is 5.83. The van der Waals surface area contributed by atoms with E-state index in [1.54, 1.807) is 4.90 Å². The van der Waals surface area contributed by atoms with Crippen LogP contribution in [0.25, 0.3) is 0 Å². The smallest absolute Gasteiger partial charge is 0.348 e. The molecule has 1 saturated carbocycles. The maximum absolute atomic E-state index is 13.9. The van der Waals surface area contributed by atoms with Crippen molar-refractivity contribution < 1.29 is 24.2 Å². The van der Waals surface area contributed by atoms with Crippen molar-refractivity contribution in [2.24, 2.45) is 11.3 Å². The third kappa shape index (κ3) is 5.56. The first-order valence-electron chi connectivity index (χ1n) is 12.2. The van der Waals surface area contributed by atoms with Gasteiger partial charge in [0, 0.05) is 30.2 Å². The number of allylic oxidation sites excluding steroid dienone is 2. The van der Waals surface area contributed by atoms with Crippen LogP contribution in [0.4, 0.5) is 5.69 Å². The number of thiophene rings is 1. The zero-order valence-electron chi connectivity index (χ0n) is 20.6. The van der Waals surface area contributed by atoms with Crippen molar-refractivity contribution in [1.29, 1.82) is 0 Å². The van der Waals surface area contributed by atoms with E-state index in [2.05, 4.69) is 24.8 Å². The highest BCUT2D eigenvalue weighted by molar-refractivity contribution is 7.15. The van der Waals surface area contributed by atoms with Crippen molar-refractivity contribution >= 4 is 28.9 Å². The van der Waals surface area contributed by atoms with Crippen LogP contribution < -0.4 is 4.90 Å². The van der Waals surface area contributed by atoms with Gasteiger partial charge in [0.25, 0.3) is 0 Å². The summed E-state index contributed by atoms with van der Waals surface area (Å²) in [6.07, 6.45) is 7.37. The van der Waals surface area contributed by atoms with Crippen LogP contribution in [0.3, 0.4) is 0 Å². The molecule has 1 saturated heterocycles. The number of carbonyl (C=O) groups excluding carboxylic acids is 1. The monoisotopic (exact) mass is 485 g/mol. The minimum atomic E-state index is -1.02. The summed E-state index contributed by atoms with van der Waals surface area (Å²) in [7, 11) is 0. The van der Waals surface area contributed by atoms with Gasteiger partial charge in [-0.2, -0.15) is 0 Å². The number of ether oxygens (including phenoxy) is 2. The summed E-state index contributed by atoms with van der Waals surface area (Å²) in [5.74, 6) is 4.66. The quantitative estimate of drug-likeness (QED) is 0.443. The molecule has 7 heteroatoms. The molecule has 2 aliphatic carbocycles. The molecule has 6 nitrogen and oxygen atoms in total. The van der Waals surface area contributed by atoms with E-state index >= 15 is 0 Å². The summed E-state index contributed by atoms with van der Waals surface area (Å²) >= 11 is 1.16. The van der Waals surface area contributed by atoms with Crippen molar-refractivity contribution in [2.45, 2.75) is 84.5 Å². The summed E-state index contributed by atoms with van der Waals surface area (Å²) in [5.41, 5.74) is 1.60. The van der Waals surface area contributed by atoms with Crippen LogP contribution in [0, 0.1) is 23.2 Å². The molecule has 0 unspecified atom stereocenters. The van der Waals surface area contributed by atoms with Crippen LogP contribution in [0.1, 0.15) is 87.2 Å². The van der Waals surface area contributed by atoms with Crippen LogP contribution in [0.2, 0.25) is 0 Å². The van der Waals surface area contributed by atoms with Crippen molar-refractivity contribution in [1.82, 2.24) is 0 Å². The average molecular weight is 486 g/mol. The Hall–Kier alpha value is -2.14. The molecule has 1 aromatic rings. The second-order valence-electron chi connectivity index (χ2n) is 10.7. The van der Waals surface area contributed by atoms with Gasteiger partial charge in [0.2, 0.25) is 5.91 Å².